The van der Waals surface area contributed by atoms with Crippen molar-refractivity contribution in [2.24, 2.45) is 0 Å². The Morgan fingerprint density at radius 2 is 1.85 bits per heavy atom. The lowest BCUT2D eigenvalue weighted by molar-refractivity contribution is 0.307. The lowest BCUT2D eigenvalue weighted by atomic mass is 10.2. The van der Waals surface area contributed by atoms with Crippen LogP contribution in [0.25, 0.3) is 0 Å². The molecule has 0 saturated heterocycles. The normalized spacial score (nSPS) is 10.4. The number of hydrogen-bond acceptors (Lipinski definition) is 2. The molecule has 2 rings (SSSR count). The van der Waals surface area contributed by atoms with Gasteiger partial charge in [-0.05, 0) is 24.5 Å². The Bertz CT molecular complexity index is 581. The molecule has 0 aliphatic heterocycles. The van der Waals surface area contributed by atoms with Gasteiger partial charge in [-0.1, -0.05) is 46.3 Å². The zero-order chi connectivity index (χ0) is 14.2. The van der Waals surface area contributed by atoms with Crippen LogP contribution in [0.3, 0.4) is 0 Å². The molecule has 0 atom stereocenters. The minimum absolute atomic E-state index is 0.0124. The Morgan fingerprint density at radius 3 is 2.60 bits per heavy atom. The average Bonchev–Trinajstić information content (AvgIpc) is 2.48. The molecule has 0 aliphatic carbocycles. The first kappa shape index (κ1) is 14.9. The van der Waals surface area contributed by atoms with Crippen LogP contribution >= 0.6 is 15.9 Å². The van der Waals surface area contributed by atoms with Crippen molar-refractivity contribution in [2.75, 3.05) is 11.9 Å². The fourth-order valence-electron chi connectivity index (χ4n) is 1.89. The zero-order valence-corrected chi connectivity index (χ0v) is 12.9. The Morgan fingerprint density at radius 1 is 1.05 bits per heavy atom. The highest BCUT2D eigenvalue weighted by atomic mass is 79.9. The third-order valence-corrected chi connectivity index (χ3v) is 3.51. The fraction of sp³-hybridized carbons (Fsp3) is 0.312. The Kier molecular flexibility index (Phi) is 5.87. The van der Waals surface area contributed by atoms with Crippen molar-refractivity contribution in [1.29, 1.82) is 0 Å². The summed E-state index contributed by atoms with van der Waals surface area (Å²) in [6.45, 7) is 1.24. The van der Waals surface area contributed by atoms with Crippen molar-refractivity contribution in [2.45, 2.75) is 19.4 Å². The second kappa shape index (κ2) is 7.90. The first-order valence-electron chi connectivity index (χ1n) is 6.73. The largest absolute Gasteiger partial charge is 0.492 e. The fourth-order valence-corrected chi connectivity index (χ4v) is 2.28. The minimum atomic E-state index is -0.0124. The van der Waals surface area contributed by atoms with Crippen LogP contribution in [0.15, 0.2) is 53.5 Å². The molecule has 1 aromatic carbocycles. The summed E-state index contributed by atoms with van der Waals surface area (Å²) >= 11 is 3.39. The predicted molar refractivity (Wildman–Crippen MR) is 84.8 cm³/mol. The van der Waals surface area contributed by atoms with E-state index >= 15 is 0 Å². The number of unbranched alkanes of at least 4 members (excludes halogenated alkanes) is 1. The second-order valence-corrected chi connectivity index (χ2v) is 5.35. The van der Waals surface area contributed by atoms with Gasteiger partial charge in [0.25, 0.3) is 5.56 Å². The van der Waals surface area contributed by atoms with Gasteiger partial charge in [0.2, 0.25) is 0 Å². The lowest BCUT2D eigenvalue weighted by Gasteiger charge is -2.09. The quantitative estimate of drug-likeness (QED) is 0.573. The van der Waals surface area contributed by atoms with Gasteiger partial charge in [-0.25, -0.2) is 0 Å². The third-order valence-electron chi connectivity index (χ3n) is 2.95. The van der Waals surface area contributed by atoms with E-state index < -0.39 is 0 Å². The van der Waals surface area contributed by atoms with Crippen LogP contribution in [0.5, 0.6) is 5.75 Å². The molecule has 0 spiro atoms. The van der Waals surface area contributed by atoms with Crippen molar-refractivity contribution in [3.63, 3.8) is 0 Å². The summed E-state index contributed by atoms with van der Waals surface area (Å²) in [5, 5.41) is 0.990. The van der Waals surface area contributed by atoms with E-state index in [4.69, 9.17) is 4.74 Å². The van der Waals surface area contributed by atoms with Crippen LogP contribution < -0.4 is 10.3 Å². The van der Waals surface area contributed by atoms with E-state index in [1.54, 1.807) is 22.9 Å². The SMILES string of the molecule is O=c1ccc(OCCCCBr)cn1Cc1ccccc1. The van der Waals surface area contributed by atoms with Gasteiger partial charge in [0.15, 0.2) is 0 Å². The van der Waals surface area contributed by atoms with Gasteiger partial charge in [0.05, 0.1) is 13.2 Å². The van der Waals surface area contributed by atoms with E-state index in [-0.39, 0.29) is 5.56 Å². The van der Waals surface area contributed by atoms with Gasteiger partial charge in [-0.15, -0.1) is 0 Å². The topological polar surface area (TPSA) is 31.2 Å². The summed E-state index contributed by atoms with van der Waals surface area (Å²) in [4.78, 5) is 11.9. The molecule has 0 aliphatic rings. The Hall–Kier alpha value is -1.55. The van der Waals surface area contributed by atoms with E-state index in [1.807, 2.05) is 30.3 Å². The predicted octanol–water partition coefficient (Wildman–Crippen LogP) is 3.45. The molecule has 106 valence electrons. The number of rotatable bonds is 7. The highest BCUT2D eigenvalue weighted by molar-refractivity contribution is 9.09. The van der Waals surface area contributed by atoms with E-state index in [2.05, 4.69) is 15.9 Å². The summed E-state index contributed by atoms with van der Waals surface area (Å²) in [5.41, 5.74) is 1.09. The molecule has 3 nitrogen and oxygen atoms in total. The van der Waals surface area contributed by atoms with Crippen molar-refractivity contribution in [3.8, 4) is 5.75 Å². The third kappa shape index (κ3) is 4.53. The van der Waals surface area contributed by atoms with Crippen molar-refractivity contribution >= 4 is 15.9 Å². The number of benzene rings is 1. The minimum Gasteiger partial charge on any atom is -0.492 e. The maximum Gasteiger partial charge on any atom is 0.251 e. The van der Waals surface area contributed by atoms with E-state index in [0.29, 0.717) is 13.2 Å². The van der Waals surface area contributed by atoms with E-state index in [1.165, 1.54) is 0 Å². The molecule has 0 saturated carbocycles. The number of alkyl halides is 1. The number of nitrogens with zero attached hydrogens (tertiary/aromatic N) is 1. The second-order valence-electron chi connectivity index (χ2n) is 4.56. The lowest BCUT2D eigenvalue weighted by Crippen LogP contribution is -2.19. The monoisotopic (exact) mass is 335 g/mol. The molecular weight excluding hydrogens is 318 g/mol. The van der Waals surface area contributed by atoms with Crippen molar-refractivity contribution in [3.05, 3.63) is 64.6 Å². The standard InChI is InChI=1S/C16H18BrNO2/c17-10-4-5-11-20-15-8-9-16(19)18(13-15)12-14-6-2-1-3-7-14/h1-3,6-9,13H,4-5,10-12H2. The van der Waals surface area contributed by atoms with Gasteiger partial charge in [-0.2, -0.15) is 0 Å². The molecule has 2 aromatic rings. The van der Waals surface area contributed by atoms with Crippen LogP contribution in [0.2, 0.25) is 0 Å². The summed E-state index contributed by atoms with van der Waals surface area (Å²) in [6, 6.07) is 13.2. The highest BCUT2D eigenvalue weighted by Gasteiger charge is 2.01. The number of pyridine rings is 1. The van der Waals surface area contributed by atoms with Crippen LogP contribution in [0, 0.1) is 0 Å². The molecule has 0 N–H and O–H groups in total. The molecule has 0 fully saturated rings. The van der Waals surface area contributed by atoms with E-state index in [0.717, 1.165) is 29.5 Å². The zero-order valence-electron chi connectivity index (χ0n) is 11.3. The molecule has 20 heavy (non-hydrogen) atoms. The summed E-state index contributed by atoms with van der Waals surface area (Å²) in [5.74, 6) is 0.745. The van der Waals surface area contributed by atoms with Gasteiger partial charge < -0.3 is 9.30 Å². The average molecular weight is 336 g/mol. The number of ether oxygens (including phenoxy) is 1. The van der Waals surface area contributed by atoms with E-state index in [9.17, 15) is 4.79 Å². The molecule has 1 heterocycles. The molecule has 0 unspecified atom stereocenters. The molecule has 4 heteroatoms. The molecule has 0 bridgehead atoms. The molecule has 0 amide bonds. The number of hydrogen-bond donors (Lipinski definition) is 0. The highest BCUT2D eigenvalue weighted by Crippen LogP contribution is 2.09. The Balaban J connectivity index is 2.03. The van der Waals surface area contributed by atoms with Gasteiger partial charge in [0.1, 0.15) is 5.75 Å². The summed E-state index contributed by atoms with van der Waals surface area (Å²) in [7, 11) is 0. The van der Waals surface area contributed by atoms with Crippen molar-refractivity contribution in [1.82, 2.24) is 4.57 Å². The van der Waals surface area contributed by atoms with Gasteiger partial charge in [0, 0.05) is 17.6 Å². The van der Waals surface area contributed by atoms with Gasteiger partial charge in [-0.3, -0.25) is 4.79 Å². The first-order valence-corrected chi connectivity index (χ1v) is 7.85. The van der Waals surface area contributed by atoms with Crippen LogP contribution in [-0.2, 0) is 6.54 Å². The van der Waals surface area contributed by atoms with Crippen molar-refractivity contribution < 1.29 is 4.74 Å². The van der Waals surface area contributed by atoms with Gasteiger partial charge >= 0.3 is 0 Å². The first-order chi connectivity index (χ1) is 9.79. The number of halogens is 1. The van der Waals surface area contributed by atoms with Crippen LogP contribution in [0.4, 0.5) is 0 Å². The number of aromatic nitrogens is 1. The molecular formula is C16H18BrNO2. The summed E-state index contributed by atoms with van der Waals surface area (Å²) < 4.78 is 7.34. The Labute approximate surface area is 127 Å². The summed E-state index contributed by atoms with van der Waals surface area (Å²) in [6.07, 6.45) is 3.87. The smallest absolute Gasteiger partial charge is 0.251 e. The van der Waals surface area contributed by atoms with Crippen LogP contribution in [-0.4, -0.2) is 16.5 Å². The maximum atomic E-state index is 11.9. The molecule has 0 radical (unpaired) electrons. The maximum absolute atomic E-state index is 11.9. The molecule has 1 aromatic heterocycles. The van der Waals surface area contributed by atoms with Crippen LogP contribution in [0.1, 0.15) is 18.4 Å².